The molecule has 2 fully saturated rings. The van der Waals surface area contributed by atoms with Crippen LogP contribution in [0.2, 0.25) is 0 Å². The average molecular weight is 420 g/mol. The molecule has 4 rings (SSSR count). The molecule has 2 aromatic rings. The molecule has 1 aliphatic heterocycles. The van der Waals surface area contributed by atoms with Crippen LogP contribution in [-0.4, -0.2) is 53.9 Å². The predicted octanol–water partition coefficient (Wildman–Crippen LogP) is 2.85. The van der Waals surface area contributed by atoms with E-state index in [1.807, 2.05) is 17.0 Å². The first-order valence-corrected chi connectivity index (χ1v) is 10.4. The normalized spacial score (nSPS) is 16.4. The lowest BCUT2D eigenvalue weighted by molar-refractivity contribution is -0.384. The summed E-state index contributed by atoms with van der Waals surface area (Å²) in [6.45, 7) is 2.06. The van der Waals surface area contributed by atoms with Crippen molar-refractivity contribution in [2.45, 2.75) is 18.9 Å². The molecule has 8 heteroatoms. The standard InChI is InChI=1S/C23H24N4O4/c28-22(12-7-17-5-8-18(9-6-17)23(29)24-19-10-11-19)26-15-13-25(14-16-26)20-3-1-2-4-21(20)27(30)31/h1-9,12,19H,10-11,13-16H2,(H,24,29)/b12-7+. The molecule has 1 heterocycles. The number of anilines is 1. The van der Waals surface area contributed by atoms with Gasteiger partial charge in [-0.25, -0.2) is 0 Å². The van der Waals surface area contributed by atoms with E-state index in [0.717, 1.165) is 18.4 Å². The highest BCUT2D eigenvalue weighted by molar-refractivity contribution is 5.95. The minimum Gasteiger partial charge on any atom is -0.362 e. The molecule has 0 atom stereocenters. The van der Waals surface area contributed by atoms with E-state index in [4.69, 9.17) is 0 Å². The summed E-state index contributed by atoms with van der Waals surface area (Å²) in [4.78, 5) is 39.1. The van der Waals surface area contributed by atoms with Gasteiger partial charge in [0.2, 0.25) is 5.91 Å². The second kappa shape index (κ2) is 8.99. The molecule has 1 aliphatic carbocycles. The van der Waals surface area contributed by atoms with Crippen molar-refractivity contribution in [3.8, 4) is 0 Å². The number of nitro benzene ring substituents is 1. The van der Waals surface area contributed by atoms with Crippen LogP contribution in [0.3, 0.4) is 0 Å². The van der Waals surface area contributed by atoms with Crippen LogP contribution in [0.1, 0.15) is 28.8 Å². The van der Waals surface area contributed by atoms with Crippen molar-refractivity contribution in [1.82, 2.24) is 10.2 Å². The molecule has 2 aromatic carbocycles. The molecule has 160 valence electrons. The molecule has 0 spiro atoms. The van der Waals surface area contributed by atoms with Crippen LogP contribution in [0.25, 0.3) is 6.08 Å². The molecule has 1 saturated heterocycles. The first kappa shape index (κ1) is 20.6. The summed E-state index contributed by atoms with van der Waals surface area (Å²) >= 11 is 0. The number of amides is 2. The van der Waals surface area contributed by atoms with Gasteiger partial charge in [-0.15, -0.1) is 0 Å². The molecule has 31 heavy (non-hydrogen) atoms. The van der Waals surface area contributed by atoms with Gasteiger partial charge in [-0.3, -0.25) is 19.7 Å². The number of piperazine rings is 1. The molecule has 0 unspecified atom stereocenters. The largest absolute Gasteiger partial charge is 0.362 e. The summed E-state index contributed by atoms with van der Waals surface area (Å²) in [5.41, 5.74) is 2.12. The van der Waals surface area contributed by atoms with Gasteiger partial charge in [-0.2, -0.15) is 0 Å². The molecule has 2 aliphatic rings. The van der Waals surface area contributed by atoms with Crippen LogP contribution in [-0.2, 0) is 4.79 Å². The predicted molar refractivity (Wildman–Crippen MR) is 118 cm³/mol. The lowest BCUT2D eigenvalue weighted by atomic mass is 10.1. The highest BCUT2D eigenvalue weighted by atomic mass is 16.6. The summed E-state index contributed by atoms with van der Waals surface area (Å²) < 4.78 is 0. The fourth-order valence-electron chi connectivity index (χ4n) is 3.57. The second-order valence-corrected chi connectivity index (χ2v) is 7.76. The van der Waals surface area contributed by atoms with E-state index in [1.165, 1.54) is 12.1 Å². The molecular formula is C23H24N4O4. The van der Waals surface area contributed by atoms with Gasteiger partial charge < -0.3 is 15.1 Å². The van der Waals surface area contributed by atoms with Crippen molar-refractivity contribution in [3.63, 3.8) is 0 Å². The van der Waals surface area contributed by atoms with Crippen LogP contribution in [0.4, 0.5) is 11.4 Å². The Labute approximate surface area is 180 Å². The Hall–Kier alpha value is -3.68. The Kier molecular flexibility index (Phi) is 5.97. The third kappa shape index (κ3) is 5.09. The van der Waals surface area contributed by atoms with Gasteiger partial charge in [-0.1, -0.05) is 24.3 Å². The van der Waals surface area contributed by atoms with Crippen LogP contribution in [0.5, 0.6) is 0 Å². The molecule has 2 amide bonds. The van der Waals surface area contributed by atoms with Crippen LogP contribution < -0.4 is 10.2 Å². The first-order valence-electron chi connectivity index (χ1n) is 10.4. The Balaban J connectivity index is 1.31. The number of nitro groups is 1. The zero-order chi connectivity index (χ0) is 21.8. The van der Waals surface area contributed by atoms with E-state index >= 15 is 0 Å². The summed E-state index contributed by atoms with van der Waals surface area (Å²) in [7, 11) is 0. The summed E-state index contributed by atoms with van der Waals surface area (Å²) in [6.07, 6.45) is 5.36. The van der Waals surface area contributed by atoms with Gasteiger partial charge in [0.1, 0.15) is 5.69 Å². The van der Waals surface area contributed by atoms with Gasteiger partial charge in [0.25, 0.3) is 11.6 Å². The van der Waals surface area contributed by atoms with Crippen molar-refractivity contribution in [3.05, 3.63) is 75.8 Å². The topological polar surface area (TPSA) is 95.8 Å². The SMILES string of the molecule is O=C(NC1CC1)c1ccc(/C=C/C(=O)N2CCN(c3ccccc3[N+](=O)[O-])CC2)cc1. The monoisotopic (exact) mass is 420 g/mol. The molecule has 8 nitrogen and oxygen atoms in total. The second-order valence-electron chi connectivity index (χ2n) is 7.76. The summed E-state index contributed by atoms with van der Waals surface area (Å²) in [6, 6.07) is 14.1. The van der Waals surface area contributed by atoms with Crippen molar-refractivity contribution in [1.29, 1.82) is 0 Å². The minimum atomic E-state index is -0.379. The Morgan fingerprint density at radius 2 is 1.68 bits per heavy atom. The van der Waals surface area contributed by atoms with Gasteiger partial charge in [0.05, 0.1) is 4.92 Å². The molecule has 0 aromatic heterocycles. The van der Waals surface area contributed by atoms with Gasteiger partial charge in [-0.05, 0) is 42.7 Å². The van der Waals surface area contributed by atoms with Gasteiger partial charge >= 0.3 is 0 Å². The number of carbonyl (C=O) groups is 2. The van der Waals surface area contributed by atoms with E-state index in [9.17, 15) is 19.7 Å². The van der Waals surface area contributed by atoms with E-state index in [2.05, 4.69) is 5.32 Å². The molecule has 1 N–H and O–H groups in total. The lowest BCUT2D eigenvalue weighted by Crippen LogP contribution is -2.48. The number of hydrogen-bond acceptors (Lipinski definition) is 5. The Morgan fingerprint density at radius 1 is 1.00 bits per heavy atom. The maximum Gasteiger partial charge on any atom is 0.292 e. The molecule has 1 saturated carbocycles. The zero-order valence-corrected chi connectivity index (χ0v) is 17.1. The van der Waals surface area contributed by atoms with Crippen LogP contribution in [0, 0.1) is 10.1 Å². The van der Waals surface area contributed by atoms with E-state index in [-0.39, 0.29) is 22.4 Å². The zero-order valence-electron chi connectivity index (χ0n) is 17.1. The van der Waals surface area contributed by atoms with Gasteiger partial charge in [0, 0.05) is 49.9 Å². The van der Waals surface area contributed by atoms with Crippen molar-refractivity contribution >= 4 is 29.3 Å². The Morgan fingerprint density at radius 3 is 2.32 bits per heavy atom. The number of carbonyl (C=O) groups excluding carboxylic acids is 2. The fourth-order valence-corrected chi connectivity index (χ4v) is 3.57. The van der Waals surface area contributed by atoms with Crippen LogP contribution >= 0.6 is 0 Å². The van der Waals surface area contributed by atoms with Crippen molar-refractivity contribution < 1.29 is 14.5 Å². The number of para-hydroxylation sites is 2. The lowest BCUT2D eigenvalue weighted by Gasteiger charge is -2.35. The maximum atomic E-state index is 12.5. The van der Waals surface area contributed by atoms with E-state index < -0.39 is 0 Å². The minimum absolute atomic E-state index is 0.0642. The summed E-state index contributed by atoms with van der Waals surface area (Å²) in [5.74, 6) is -0.164. The molecule has 0 bridgehead atoms. The van der Waals surface area contributed by atoms with Crippen molar-refractivity contribution in [2.75, 3.05) is 31.1 Å². The van der Waals surface area contributed by atoms with Crippen molar-refractivity contribution in [2.24, 2.45) is 0 Å². The number of rotatable bonds is 6. The van der Waals surface area contributed by atoms with E-state index in [0.29, 0.717) is 43.5 Å². The fraction of sp³-hybridized carbons (Fsp3) is 0.304. The smallest absolute Gasteiger partial charge is 0.292 e. The highest BCUT2D eigenvalue weighted by Crippen LogP contribution is 2.28. The first-order chi connectivity index (χ1) is 15.0. The molecular weight excluding hydrogens is 396 g/mol. The number of benzene rings is 2. The number of nitrogens with zero attached hydrogens (tertiary/aromatic N) is 3. The van der Waals surface area contributed by atoms with E-state index in [1.54, 1.807) is 41.3 Å². The van der Waals surface area contributed by atoms with Crippen LogP contribution in [0.15, 0.2) is 54.6 Å². The average Bonchev–Trinajstić information content (AvgIpc) is 3.62. The third-order valence-electron chi connectivity index (χ3n) is 5.51. The highest BCUT2D eigenvalue weighted by Gasteiger charge is 2.25. The van der Waals surface area contributed by atoms with Gasteiger partial charge in [0.15, 0.2) is 0 Å². The number of nitrogens with one attached hydrogen (secondary N) is 1. The third-order valence-corrected chi connectivity index (χ3v) is 5.51. The Bertz CT molecular complexity index is 1010. The number of hydrogen-bond donors (Lipinski definition) is 1. The maximum absolute atomic E-state index is 12.5. The quantitative estimate of drug-likeness (QED) is 0.440. The molecule has 0 radical (unpaired) electrons. The summed E-state index contributed by atoms with van der Waals surface area (Å²) in [5, 5.41) is 14.2.